The van der Waals surface area contributed by atoms with E-state index in [9.17, 15) is 18.0 Å². The molecule has 4 rings (SSSR count). The second-order valence-corrected chi connectivity index (χ2v) is 11.7. The standard InChI is InChI=1S/C26H22INO6S2/c1-3-33-23-14-19(8-13-22(23)34-36(31,32)21-11-4-17(2)5-12-21)15-24-25(29)28(26(30)35-24)16-18-6-9-20(27)10-7-18/h4-15H,3,16H2,1-2H3/b24-15-. The molecule has 0 saturated carbocycles. The van der Waals surface area contributed by atoms with Crippen LogP contribution >= 0.6 is 34.4 Å². The highest BCUT2D eigenvalue weighted by atomic mass is 127. The molecule has 1 aliphatic rings. The topological polar surface area (TPSA) is 90.0 Å². The number of nitrogens with zero attached hydrogens (tertiary/aromatic N) is 1. The lowest BCUT2D eigenvalue weighted by Gasteiger charge is -2.13. The number of imide groups is 1. The summed E-state index contributed by atoms with van der Waals surface area (Å²) in [6, 6.07) is 18.6. The van der Waals surface area contributed by atoms with Gasteiger partial charge in [-0.05, 0) is 102 Å². The maximum absolute atomic E-state index is 12.9. The Labute approximate surface area is 227 Å². The molecule has 3 aromatic carbocycles. The Balaban J connectivity index is 1.56. The minimum absolute atomic E-state index is 0.0291. The molecule has 186 valence electrons. The fraction of sp³-hybridized carbons (Fsp3) is 0.154. The van der Waals surface area contributed by atoms with Crippen LogP contribution in [0.5, 0.6) is 11.5 Å². The fourth-order valence-electron chi connectivity index (χ4n) is 3.38. The third-order valence-electron chi connectivity index (χ3n) is 5.20. The van der Waals surface area contributed by atoms with Gasteiger partial charge in [-0.1, -0.05) is 35.9 Å². The van der Waals surface area contributed by atoms with Gasteiger partial charge in [0.25, 0.3) is 11.1 Å². The van der Waals surface area contributed by atoms with Crippen LogP contribution in [0.2, 0.25) is 0 Å². The second-order valence-electron chi connectivity index (χ2n) is 7.88. The van der Waals surface area contributed by atoms with Crippen molar-refractivity contribution in [3.8, 4) is 11.5 Å². The molecule has 2 amide bonds. The molecule has 1 saturated heterocycles. The zero-order valence-electron chi connectivity index (χ0n) is 19.4. The number of rotatable bonds is 8. The van der Waals surface area contributed by atoms with Crippen molar-refractivity contribution in [1.29, 1.82) is 0 Å². The van der Waals surface area contributed by atoms with Gasteiger partial charge in [0.05, 0.1) is 18.1 Å². The van der Waals surface area contributed by atoms with E-state index in [1.807, 2.05) is 31.2 Å². The van der Waals surface area contributed by atoms with E-state index in [1.54, 1.807) is 37.3 Å². The molecule has 7 nitrogen and oxygen atoms in total. The summed E-state index contributed by atoms with van der Waals surface area (Å²) in [4.78, 5) is 26.9. The first-order chi connectivity index (χ1) is 17.2. The summed E-state index contributed by atoms with van der Waals surface area (Å²) in [6.45, 7) is 4.09. The highest BCUT2D eigenvalue weighted by Crippen LogP contribution is 2.36. The van der Waals surface area contributed by atoms with Crippen LogP contribution in [0.25, 0.3) is 6.08 Å². The minimum Gasteiger partial charge on any atom is -0.490 e. The molecule has 36 heavy (non-hydrogen) atoms. The van der Waals surface area contributed by atoms with Crippen molar-refractivity contribution in [3.63, 3.8) is 0 Å². The molecule has 0 aromatic heterocycles. The minimum atomic E-state index is -4.07. The number of benzene rings is 3. The molecule has 3 aromatic rings. The van der Waals surface area contributed by atoms with Gasteiger partial charge in [-0.2, -0.15) is 8.42 Å². The molecular weight excluding hydrogens is 613 g/mol. The molecule has 0 radical (unpaired) electrons. The van der Waals surface area contributed by atoms with Crippen LogP contribution in [0.15, 0.2) is 76.5 Å². The van der Waals surface area contributed by atoms with Gasteiger partial charge in [-0.15, -0.1) is 0 Å². The van der Waals surface area contributed by atoms with E-state index in [-0.39, 0.29) is 45.6 Å². The Morgan fingerprint density at radius 2 is 1.67 bits per heavy atom. The summed E-state index contributed by atoms with van der Waals surface area (Å²) in [6.07, 6.45) is 1.58. The molecule has 1 heterocycles. The Bertz CT molecular complexity index is 1430. The maximum Gasteiger partial charge on any atom is 0.339 e. The number of halogens is 1. The molecule has 0 aliphatic carbocycles. The number of ether oxygens (including phenoxy) is 1. The lowest BCUT2D eigenvalue weighted by molar-refractivity contribution is -0.123. The quantitative estimate of drug-likeness (QED) is 0.170. The molecule has 10 heteroatoms. The normalized spacial score (nSPS) is 15.0. The highest BCUT2D eigenvalue weighted by Gasteiger charge is 2.35. The summed E-state index contributed by atoms with van der Waals surface area (Å²) in [7, 11) is -4.07. The van der Waals surface area contributed by atoms with Crippen molar-refractivity contribution >= 4 is 61.7 Å². The third-order valence-corrected chi connectivity index (χ3v) is 8.08. The highest BCUT2D eigenvalue weighted by molar-refractivity contribution is 14.1. The van der Waals surface area contributed by atoms with Crippen LogP contribution in [0.1, 0.15) is 23.6 Å². The van der Waals surface area contributed by atoms with Crippen molar-refractivity contribution in [2.75, 3.05) is 6.61 Å². The lowest BCUT2D eigenvalue weighted by Crippen LogP contribution is -2.27. The summed E-state index contributed by atoms with van der Waals surface area (Å²) in [5.74, 6) is -0.148. The zero-order chi connectivity index (χ0) is 25.9. The van der Waals surface area contributed by atoms with E-state index in [0.717, 1.165) is 26.5 Å². The Hall–Kier alpha value is -2.83. The van der Waals surface area contributed by atoms with Crippen LogP contribution in [0.3, 0.4) is 0 Å². The van der Waals surface area contributed by atoms with Crippen molar-refractivity contribution < 1.29 is 26.9 Å². The number of carbonyl (C=O) groups excluding carboxylic acids is 2. The number of hydrogen-bond donors (Lipinski definition) is 0. The Morgan fingerprint density at radius 3 is 2.33 bits per heavy atom. The third kappa shape index (κ3) is 6.11. The van der Waals surface area contributed by atoms with Crippen LogP contribution in [0, 0.1) is 10.5 Å². The van der Waals surface area contributed by atoms with Crippen LogP contribution < -0.4 is 8.92 Å². The van der Waals surface area contributed by atoms with E-state index in [1.165, 1.54) is 23.1 Å². The molecule has 0 N–H and O–H groups in total. The van der Waals surface area contributed by atoms with Crippen LogP contribution in [-0.2, 0) is 21.5 Å². The Kier molecular flexibility index (Phi) is 8.06. The zero-order valence-corrected chi connectivity index (χ0v) is 23.2. The number of aryl methyl sites for hydroxylation is 1. The molecule has 1 aliphatic heterocycles. The molecule has 0 spiro atoms. The molecule has 0 bridgehead atoms. The van der Waals surface area contributed by atoms with Crippen molar-refractivity contribution in [2.45, 2.75) is 25.3 Å². The first-order valence-electron chi connectivity index (χ1n) is 10.9. The number of hydrogen-bond acceptors (Lipinski definition) is 7. The van der Waals surface area contributed by atoms with Crippen molar-refractivity contribution in [2.24, 2.45) is 0 Å². The van der Waals surface area contributed by atoms with E-state index in [0.29, 0.717) is 5.56 Å². The predicted molar refractivity (Wildman–Crippen MR) is 147 cm³/mol. The summed E-state index contributed by atoms with van der Waals surface area (Å²) < 4.78 is 37.5. The lowest BCUT2D eigenvalue weighted by atomic mass is 10.1. The number of carbonyl (C=O) groups is 2. The molecular formula is C26H22INO6S2. The largest absolute Gasteiger partial charge is 0.490 e. The van der Waals surface area contributed by atoms with Gasteiger partial charge in [0.2, 0.25) is 0 Å². The second kappa shape index (κ2) is 11.1. The first kappa shape index (κ1) is 26.2. The average Bonchev–Trinajstić information content (AvgIpc) is 3.09. The van der Waals surface area contributed by atoms with E-state index >= 15 is 0 Å². The van der Waals surface area contributed by atoms with Gasteiger partial charge in [0, 0.05) is 3.57 Å². The van der Waals surface area contributed by atoms with Gasteiger partial charge in [0.1, 0.15) is 4.90 Å². The van der Waals surface area contributed by atoms with Gasteiger partial charge >= 0.3 is 10.1 Å². The maximum atomic E-state index is 12.9. The number of thioether (sulfide) groups is 1. The Morgan fingerprint density at radius 1 is 0.972 bits per heavy atom. The summed E-state index contributed by atoms with van der Waals surface area (Å²) >= 11 is 3.05. The van der Waals surface area contributed by atoms with Gasteiger partial charge in [-0.25, -0.2) is 0 Å². The van der Waals surface area contributed by atoms with Crippen molar-refractivity contribution in [1.82, 2.24) is 4.90 Å². The number of amides is 2. The van der Waals surface area contributed by atoms with Gasteiger partial charge < -0.3 is 8.92 Å². The monoisotopic (exact) mass is 635 g/mol. The predicted octanol–water partition coefficient (Wildman–Crippen LogP) is 6.00. The average molecular weight is 636 g/mol. The molecule has 0 unspecified atom stereocenters. The molecule has 0 atom stereocenters. The van der Waals surface area contributed by atoms with E-state index < -0.39 is 10.1 Å². The van der Waals surface area contributed by atoms with Crippen molar-refractivity contribution in [3.05, 3.63) is 91.9 Å². The van der Waals surface area contributed by atoms with E-state index in [4.69, 9.17) is 8.92 Å². The fourth-order valence-corrected chi connectivity index (χ4v) is 5.52. The summed E-state index contributed by atoms with van der Waals surface area (Å²) in [5, 5.41) is -0.348. The van der Waals surface area contributed by atoms with Gasteiger partial charge in [0.15, 0.2) is 11.5 Å². The smallest absolute Gasteiger partial charge is 0.339 e. The molecule has 1 fully saturated rings. The SMILES string of the molecule is CCOc1cc(/C=C2\SC(=O)N(Cc3ccc(I)cc3)C2=O)ccc1OS(=O)(=O)c1ccc(C)cc1. The summed E-state index contributed by atoms with van der Waals surface area (Å²) in [5.41, 5.74) is 2.35. The van der Waals surface area contributed by atoms with Gasteiger partial charge in [-0.3, -0.25) is 14.5 Å². The first-order valence-corrected chi connectivity index (χ1v) is 14.2. The van der Waals surface area contributed by atoms with E-state index in [2.05, 4.69) is 22.6 Å². The van der Waals surface area contributed by atoms with Crippen LogP contribution in [-0.4, -0.2) is 31.1 Å². The van der Waals surface area contributed by atoms with Crippen LogP contribution in [0.4, 0.5) is 4.79 Å².